The quantitative estimate of drug-likeness (QED) is 0.869. The van der Waals surface area contributed by atoms with Crippen LogP contribution in [-0.2, 0) is 11.3 Å². The van der Waals surface area contributed by atoms with Crippen LogP contribution in [0.25, 0.3) is 0 Å². The normalized spacial score (nSPS) is 15.5. The molecule has 0 spiro atoms. The van der Waals surface area contributed by atoms with Gasteiger partial charge in [-0.3, -0.25) is 9.48 Å². The minimum absolute atomic E-state index is 0.00913. The Hall–Kier alpha value is -2.41. The van der Waals surface area contributed by atoms with Gasteiger partial charge in [-0.15, -0.1) is 0 Å². The molecule has 1 aliphatic heterocycles. The number of aromatic nitrogens is 3. The molecule has 3 rings (SSSR count). The average Bonchev–Trinajstić information content (AvgIpc) is 3.14. The van der Waals surface area contributed by atoms with Gasteiger partial charge in [0, 0.05) is 32.6 Å². The lowest BCUT2D eigenvalue weighted by atomic mass is 10.2. The minimum atomic E-state index is -0.00913. The lowest BCUT2D eigenvalue weighted by molar-refractivity contribution is -0.116. The lowest BCUT2D eigenvalue weighted by Gasteiger charge is -2.36. The molecular weight excluding hydrogens is 304 g/mol. The Labute approximate surface area is 142 Å². The number of aryl methyl sites for hydroxylation is 1. The van der Waals surface area contributed by atoms with E-state index in [1.165, 1.54) is 6.33 Å². The number of para-hydroxylation sites is 2. The van der Waals surface area contributed by atoms with E-state index in [1.807, 2.05) is 18.2 Å². The Balaban J connectivity index is 1.60. The fraction of sp³-hybridized carbons (Fsp3) is 0.471. The molecule has 7 nitrogen and oxygen atoms in total. The van der Waals surface area contributed by atoms with Crippen molar-refractivity contribution >= 4 is 17.3 Å². The smallest absolute Gasteiger partial charge is 0.226 e. The molecule has 2 aromatic rings. The summed E-state index contributed by atoms with van der Waals surface area (Å²) in [5.74, 6) is -0.00913. The molecule has 0 unspecified atom stereocenters. The van der Waals surface area contributed by atoms with Crippen molar-refractivity contribution in [1.82, 2.24) is 19.7 Å². The summed E-state index contributed by atoms with van der Waals surface area (Å²) in [4.78, 5) is 20.9. The van der Waals surface area contributed by atoms with Gasteiger partial charge >= 0.3 is 0 Å². The number of carbonyl (C=O) groups excluding carboxylic acids is 1. The Kier molecular flexibility index (Phi) is 5.43. The number of nitrogens with zero attached hydrogens (tertiary/aromatic N) is 5. The summed E-state index contributed by atoms with van der Waals surface area (Å²) in [7, 11) is 0. The van der Waals surface area contributed by atoms with E-state index in [-0.39, 0.29) is 5.91 Å². The second-order valence-corrected chi connectivity index (χ2v) is 5.90. The summed E-state index contributed by atoms with van der Waals surface area (Å²) in [6, 6.07) is 8.02. The number of anilines is 2. The highest BCUT2D eigenvalue weighted by Crippen LogP contribution is 2.26. The van der Waals surface area contributed by atoms with E-state index in [0.717, 1.165) is 44.1 Å². The van der Waals surface area contributed by atoms with Gasteiger partial charge in [0.1, 0.15) is 12.7 Å². The van der Waals surface area contributed by atoms with E-state index in [2.05, 4.69) is 38.2 Å². The summed E-state index contributed by atoms with van der Waals surface area (Å²) in [5, 5.41) is 7.05. The summed E-state index contributed by atoms with van der Waals surface area (Å²) in [6.07, 6.45) is 3.47. The third-order valence-corrected chi connectivity index (χ3v) is 4.37. The van der Waals surface area contributed by atoms with Gasteiger partial charge in [-0.1, -0.05) is 19.1 Å². The van der Waals surface area contributed by atoms with Crippen molar-refractivity contribution in [3.63, 3.8) is 0 Å². The summed E-state index contributed by atoms with van der Waals surface area (Å²) < 4.78 is 1.66. The van der Waals surface area contributed by atoms with Crippen LogP contribution in [0.15, 0.2) is 36.9 Å². The van der Waals surface area contributed by atoms with Crippen molar-refractivity contribution in [1.29, 1.82) is 0 Å². The predicted molar refractivity (Wildman–Crippen MR) is 94.0 cm³/mol. The number of carbonyl (C=O) groups is 1. The van der Waals surface area contributed by atoms with Crippen LogP contribution < -0.4 is 10.2 Å². The largest absolute Gasteiger partial charge is 0.367 e. The number of hydrogen-bond acceptors (Lipinski definition) is 5. The molecule has 7 heteroatoms. The monoisotopic (exact) mass is 328 g/mol. The third kappa shape index (κ3) is 4.11. The Morgan fingerprint density at radius 1 is 1.21 bits per heavy atom. The van der Waals surface area contributed by atoms with Crippen LogP contribution in [0.1, 0.15) is 13.3 Å². The minimum Gasteiger partial charge on any atom is -0.367 e. The molecule has 128 valence electrons. The Morgan fingerprint density at radius 3 is 2.71 bits per heavy atom. The molecule has 0 saturated carbocycles. The highest BCUT2D eigenvalue weighted by Gasteiger charge is 2.18. The van der Waals surface area contributed by atoms with Crippen LogP contribution in [0.2, 0.25) is 0 Å². The van der Waals surface area contributed by atoms with Crippen LogP contribution in [0.4, 0.5) is 11.4 Å². The van der Waals surface area contributed by atoms with Crippen molar-refractivity contribution < 1.29 is 4.79 Å². The second-order valence-electron chi connectivity index (χ2n) is 5.90. The summed E-state index contributed by atoms with van der Waals surface area (Å²) in [5.41, 5.74) is 1.98. The summed E-state index contributed by atoms with van der Waals surface area (Å²) >= 11 is 0. The van der Waals surface area contributed by atoms with Gasteiger partial charge in [-0.05, 0) is 18.7 Å². The zero-order chi connectivity index (χ0) is 16.8. The third-order valence-electron chi connectivity index (χ3n) is 4.37. The predicted octanol–water partition coefficient (Wildman–Crippen LogP) is 1.45. The topological polar surface area (TPSA) is 66.3 Å². The Bertz CT molecular complexity index is 649. The molecule has 1 saturated heterocycles. The molecule has 0 bridgehead atoms. The maximum atomic E-state index is 12.2. The average molecular weight is 328 g/mol. The number of piperazine rings is 1. The van der Waals surface area contributed by atoms with Crippen LogP contribution in [0, 0.1) is 0 Å². The maximum Gasteiger partial charge on any atom is 0.226 e. The highest BCUT2D eigenvalue weighted by atomic mass is 16.1. The van der Waals surface area contributed by atoms with Crippen molar-refractivity contribution in [3.8, 4) is 0 Å². The molecule has 0 aliphatic carbocycles. The van der Waals surface area contributed by atoms with Crippen molar-refractivity contribution in [2.75, 3.05) is 42.9 Å². The number of amides is 1. The molecule has 1 N–H and O–H groups in total. The fourth-order valence-electron chi connectivity index (χ4n) is 2.94. The molecule has 0 radical (unpaired) electrons. The first kappa shape index (κ1) is 16.4. The fourth-order valence-corrected chi connectivity index (χ4v) is 2.94. The molecular formula is C17H24N6O. The maximum absolute atomic E-state index is 12.2. The Morgan fingerprint density at radius 2 is 2.00 bits per heavy atom. The van der Waals surface area contributed by atoms with E-state index >= 15 is 0 Å². The second kappa shape index (κ2) is 7.92. The van der Waals surface area contributed by atoms with E-state index in [1.54, 1.807) is 11.0 Å². The summed E-state index contributed by atoms with van der Waals surface area (Å²) in [6.45, 7) is 7.91. The van der Waals surface area contributed by atoms with Crippen LogP contribution in [-0.4, -0.2) is 58.3 Å². The molecule has 1 aliphatic rings. The molecule has 24 heavy (non-hydrogen) atoms. The molecule has 1 amide bonds. The molecule has 0 atom stereocenters. The number of hydrogen-bond donors (Lipinski definition) is 1. The van der Waals surface area contributed by atoms with Gasteiger partial charge in [-0.25, -0.2) is 4.98 Å². The van der Waals surface area contributed by atoms with Gasteiger partial charge in [0.2, 0.25) is 5.91 Å². The molecule has 1 aromatic carbocycles. The first-order chi connectivity index (χ1) is 11.8. The van der Waals surface area contributed by atoms with Crippen molar-refractivity contribution in [3.05, 3.63) is 36.9 Å². The standard InChI is InChI=1S/C17H24N6O/c1-2-21-9-11-22(12-10-21)16-6-4-3-5-15(16)20-17(24)7-8-23-14-18-13-19-23/h3-6,13-14H,2,7-12H2,1H3,(H,20,24). The molecule has 1 aromatic heterocycles. The van der Waals surface area contributed by atoms with Gasteiger partial charge in [0.25, 0.3) is 0 Å². The van der Waals surface area contributed by atoms with Crippen molar-refractivity contribution in [2.24, 2.45) is 0 Å². The van der Waals surface area contributed by atoms with Crippen LogP contribution in [0.3, 0.4) is 0 Å². The highest BCUT2D eigenvalue weighted by molar-refractivity contribution is 5.94. The lowest BCUT2D eigenvalue weighted by Crippen LogP contribution is -2.46. The van der Waals surface area contributed by atoms with E-state index in [0.29, 0.717) is 13.0 Å². The number of nitrogens with one attached hydrogen (secondary N) is 1. The van der Waals surface area contributed by atoms with Gasteiger partial charge in [0.15, 0.2) is 0 Å². The zero-order valence-corrected chi connectivity index (χ0v) is 14.1. The van der Waals surface area contributed by atoms with E-state index in [9.17, 15) is 4.79 Å². The van der Waals surface area contributed by atoms with Gasteiger partial charge in [-0.2, -0.15) is 5.10 Å². The van der Waals surface area contributed by atoms with E-state index < -0.39 is 0 Å². The van der Waals surface area contributed by atoms with Crippen molar-refractivity contribution in [2.45, 2.75) is 19.9 Å². The van der Waals surface area contributed by atoms with Gasteiger partial charge < -0.3 is 15.1 Å². The van der Waals surface area contributed by atoms with Crippen LogP contribution >= 0.6 is 0 Å². The number of likely N-dealkylation sites (N-methyl/N-ethyl adjacent to an activating group) is 1. The SMILES string of the molecule is CCN1CCN(c2ccccc2NC(=O)CCn2cncn2)CC1. The molecule has 2 heterocycles. The zero-order valence-electron chi connectivity index (χ0n) is 14.1. The first-order valence-corrected chi connectivity index (χ1v) is 8.45. The first-order valence-electron chi connectivity index (χ1n) is 8.45. The van der Waals surface area contributed by atoms with Gasteiger partial charge in [0.05, 0.1) is 17.9 Å². The van der Waals surface area contributed by atoms with Crippen LogP contribution in [0.5, 0.6) is 0 Å². The molecule has 1 fully saturated rings. The van der Waals surface area contributed by atoms with E-state index in [4.69, 9.17) is 0 Å². The number of rotatable bonds is 6. The number of benzene rings is 1.